The lowest BCUT2D eigenvalue weighted by Crippen LogP contribution is -1.88. The summed E-state index contributed by atoms with van der Waals surface area (Å²) in [6.45, 7) is -0.405. The maximum Gasteiger partial charge on any atom is 0.151 e. The molecule has 0 bridgehead atoms. The van der Waals surface area contributed by atoms with Crippen LogP contribution in [0.4, 0.5) is 0 Å². The van der Waals surface area contributed by atoms with Gasteiger partial charge in [0.15, 0.2) is 6.29 Å². The molecule has 0 spiro atoms. The van der Waals surface area contributed by atoms with Gasteiger partial charge in [-0.15, -0.1) is 0 Å². The Morgan fingerprint density at radius 2 is 2.00 bits per heavy atom. The van der Waals surface area contributed by atoms with Crippen molar-refractivity contribution in [2.75, 3.05) is 0 Å². The third-order valence-electron chi connectivity index (χ3n) is 1.41. The van der Waals surface area contributed by atoms with Gasteiger partial charge in [0, 0.05) is 5.56 Å². The Bertz CT molecular complexity index is 310. The third kappa shape index (κ3) is 1.78. The van der Waals surface area contributed by atoms with Crippen molar-refractivity contribution in [2.24, 2.45) is 0 Å². The lowest BCUT2D eigenvalue weighted by atomic mass is 10.1. The summed E-state index contributed by atoms with van der Waals surface area (Å²) < 4.78 is 0. The molecule has 0 heterocycles. The summed E-state index contributed by atoms with van der Waals surface area (Å²) in [5.41, 5.74) is 0.724. The van der Waals surface area contributed by atoms with Crippen molar-refractivity contribution >= 4 is 29.5 Å². The van der Waals surface area contributed by atoms with Crippen LogP contribution in [0.2, 0.25) is 10.0 Å². The molecule has 1 radical (unpaired) electrons. The normalized spacial score (nSPS) is 9.92. The van der Waals surface area contributed by atoms with Crippen LogP contribution >= 0.6 is 23.2 Å². The Labute approximate surface area is 79.7 Å². The number of carbonyl (C=O) groups is 1. The van der Waals surface area contributed by atoms with Crippen molar-refractivity contribution in [1.29, 1.82) is 0 Å². The summed E-state index contributed by atoms with van der Waals surface area (Å²) in [6.07, 6.45) is 0.577. The van der Waals surface area contributed by atoms with Crippen molar-refractivity contribution in [2.45, 2.75) is 6.61 Å². The van der Waals surface area contributed by atoms with E-state index in [9.17, 15) is 9.90 Å². The zero-order valence-electron chi connectivity index (χ0n) is 6.01. The molecule has 2 nitrogen and oxygen atoms in total. The smallest absolute Gasteiger partial charge is 0.151 e. The Kier molecular flexibility index (Phi) is 3.09. The summed E-state index contributed by atoms with van der Waals surface area (Å²) in [4.78, 5) is 10.4. The fourth-order valence-electron chi connectivity index (χ4n) is 0.838. The number of aldehydes is 1. The van der Waals surface area contributed by atoms with E-state index in [1.165, 1.54) is 12.1 Å². The van der Waals surface area contributed by atoms with E-state index in [4.69, 9.17) is 23.2 Å². The number of halogens is 2. The van der Waals surface area contributed by atoms with Gasteiger partial charge in [0.05, 0.1) is 10.0 Å². The van der Waals surface area contributed by atoms with Crippen molar-refractivity contribution in [3.05, 3.63) is 33.3 Å². The van der Waals surface area contributed by atoms with Gasteiger partial charge < -0.3 is 0 Å². The predicted molar refractivity (Wildman–Crippen MR) is 46.2 cm³/mol. The zero-order chi connectivity index (χ0) is 9.14. The van der Waals surface area contributed by atoms with Crippen molar-refractivity contribution in [3.8, 4) is 0 Å². The van der Waals surface area contributed by atoms with Crippen LogP contribution < -0.4 is 0 Å². The average Bonchev–Trinajstić information content (AvgIpc) is 2.09. The lowest BCUT2D eigenvalue weighted by Gasteiger charge is -2.01. The van der Waals surface area contributed by atoms with Crippen molar-refractivity contribution in [1.82, 2.24) is 0 Å². The molecule has 1 aromatic carbocycles. The maximum atomic E-state index is 10.4. The number of hydrogen-bond donors (Lipinski definition) is 0. The van der Waals surface area contributed by atoms with E-state index in [1.54, 1.807) is 0 Å². The van der Waals surface area contributed by atoms with E-state index in [-0.39, 0.29) is 15.6 Å². The summed E-state index contributed by atoms with van der Waals surface area (Å²) in [5.74, 6) is 0. The lowest BCUT2D eigenvalue weighted by molar-refractivity contribution is 0.112. The molecule has 0 aromatic heterocycles. The van der Waals surface area contributed by atoms with Gasteiger partial charge in [0.2, 0.25) is 0 Å². The van der Waals surface area contributed by atoms with Crippen LogP contribution in [0, 0.1) is 0 Å². The number of hydrogen-bond acceptors (Lipinski definition) is 1. The van der Waals surface area contributed by atoms with E-state index in [1.807, 2.05) is 0 Å². The van der Waals surface area contributed by atoms with Crippen LogP contribution in [-0.2, 0) is 11.7 Å². The largest absolute Gasteiger partial charge is 0.298 e. The molecule has 0 aliphatic carbocycles. The average molecular weight is 204 g/mol. The summed E-state index contributed by atoms with van der Waals surface area (Å²) in [6, 6.07) is 2.90. The van der Waals surface area contributed by atoms with Crippen LogP contribution in [0.1, 0.15) is 15.9 Å². The summed E-state index contributed by atoms with van der Waals surface area (Å²) in [5, 5.41) is 10.9. The van der Waals surface area contributed by atoms with E-state index < -0.39 is 6.61 Å². The maximum absolute atomic E-state index is 10.4. The van der Waals surface area contributed by atoms with Gasteiger partial charge in [0.25, 0.3) is 0 Å². The fraction of sp³-hybridized carbons (Fsp3) is 0.125. The van der Waals surface area contributed by atoms with Gasteiger partial charge in [-0.25, -0.2) is 5.11 Å². The van der Waals surface area contributed by atoms with Crippen LogP contribution in [0.3, 0.4) is 0 Å². The number of benzene rings is 1. The van der Waals surface area contributed by atoms with Crippen LogP contribution in [0.5, 0.6) is 0 Å². The van der Waals surface area contributed by atoms with Gasteiger partial charge in [-0.1, -0.05) is 23.2 Å². The minimum Gasteiger partial charge on any atom is -0.298 e. The molecule has 1 aromatic rings. The minimum absolute atomic E-state index is 0.198. The molecule has 12 heavy (non-hydrogen) atoms. The summed E-state index contributed by atoms with van der Waals surface area (Å²) in [7, 11) is 0. The SMILES string of the molecule is [O]Cc1cc(Cl)c(Cl)c(C=O)c1. The molecule has 0 aliphatic rings. The van der Waals surface area contributed by atoms with E-state index in [0.717, 1.165) is 0 Å². The molecule has 0 saturated carbocycles. The van der Waals surface area contributed by atoms with E-state index in [0.29, 0.717) is 11.8 Å². The number of rotatable bonds is 2. The molecule has 63 valence electrons. The Balaban J connectivity index is 3.28. The second kappa shape index (κ2) is 3.90. The van der Waals surface area contributed by atoms with Gasteiger partial charge in [0.1, 0.15) is 6.61 Å². The van der Waals surface area contributed by atoms with Crippen LogP contribution in [0.25, 0.3) is 0 Å². The van der Waals surface area contributed by atoms with Gasteiger partial charge >= 0.3 is 0 Å². The Hall–Kier alpha value is -0.570. The molecule has 0 fully saturated rings. The molecule has 0 N–H and O–H groups in total. The zero-order valence-corrected chi connectivity index (χ0v) is 7.52. The minimum atomic E-state index is -0.405. The van der Waals surface area contributed by atoms with Crippen LogP contribution in [0.15, 0.2) is 12.1 Å². The molecule has 0 saturated heterocycles. The first-order chi connectivity index (χ1) is 5.69. The van der Waals surface area contributed by atoms with Gasteiger partial charge in [-0.2, -0.15) is 0 Å². The number of carbonyl (C=O) groups excluding carboxylic acids is 1. The molecule has 1 rings (SSSR count). The van der Waals surface area contributed by atoms with Crippen molar-refractivity contribution in [3.63, 3.8) is 0 Å². The Morgan fingerprint density at radius 1 is 1.33 bits per heavy atom. The quantitative estimate of drug-likeness (QED) is 0.682. The molecular formula is C8H5Cl2O2. The molecular weight excluding hydrogens is 199 g/mol. The monoisotopic (exact) mass is 203 g/mol. The molecule has 0 unspecified atom stereocenters. The second-order valence-electron chi connectivity index (χ2n) is 2.24. The molecule has 0 aliphatic heterocycles. The highest BCUT2D eigenvalue weighted by Crippen LogP contribution is 2.26. The topological polar surface area (TPSA) is 37.0 Å². The fourth-order valence-corrected chi connectivity index (χ4v) is 1.24. The van der Waals surface area contributed by atoms with E-state index in [2.05, 4.69) is 0 Å². The van der Waals surface area contributed by atoms with Crippen molar-refractivity contribution < 1.29 is 9.90 Å². The predicted octanol–water partition coefficient (Wildman–Crippen LogP) is 2.74. The van der Waals surface area contributed by atoms with Crippen LogP contribution in [-0.4, -0.2) is 6.29 Å². The highest BCUT2D eigenvalue weighted by Gasteiger charge is 2.06. The first kappa shape index (κ1) is 9.52. The molecule has 4 heteroatoms. The molecule has 0 amide bonds. The molecule has 0 atom stereocenters. The first-order valence-corrected chi connectivity index (χ1v) is 3.96. The highest BCUT2D eigenvalue weighted by atomic mass is 35.5. The Morgan fingerprint density at radius 3 is 2.50 bits per heavy atom. The standard InChI is InChI=1S/C8H5Cl2O2/c9-7-2-5(3-11)1-6(4-12)8(7)10/h1-2,4H,3H2. The highest BCUT2D eigenvalue weighted by molar-refractivity contribution is 6.43. The van der Waals surface area contributed by atoms with Gasteiger partial charge in [-0.05, 0) is 17.7 Å². The summed E-state index contributed by atoms with van der Waals surface area (Å²) >= 11 is 11.3. The third-order valence-corrected chi connectivity index (χ3v) is 2.23. The second-order valence-corrected chi connectivity index (χ2v) is 3.03. The van der Waals surface area contributed by atoms with E-state index >= 15 is 0 Å². The first-order valence-electron chi connectivity index (χ1n) is 3.20. The van der Waals surface area contributed by atoms with Gasteiger partial charge in [-0.3, -0.25) is 4.79 Å².